The van der Waals surface area contributed by atoms with Crippen LogP contribution in [0.25, 0.3) is 0 Å². The molecular formula is C11H10BrN3O2. The lowest BCUT2D eigenvalue weighted by Gasteiger charge is -2.03. The van der Waals surface area contributed by atoms with E-state index in [-0.39, 0.29) is 5.69 Å². The molecule has 0 aliphatic carbocycles. The number of rotatable bonds is 3. The Morgan fingerprint density at radius 3 is 2.88 bits per heavy atom. The van der Waals surface area contributed by atoms with Crippen molar-refractivity contribution in [1.29, 1.82) is 0 Å². The topological polar surface area (TPSA) is 68.0 Å². The molecule has 0 radical (unpaired) electrons. The number of aromatic carboxylic acids is 1. The van der Waals surface area contributed by atoms with Crippen LogP contribution in [0.3, 0.4) is 0 Å². The number of carbonyl (C=O) groups is 1. The van der Waals surface area contributed by atoms with E-state index in [0.717, 1.165) is 10.0 Å². The van der Waals surface area contributed by atoms with Gasteiger partial charge in [-0.25, -0.2) is 9.48 Å². The van der Waals surface area contributed by atoms with Gasteiger partial charge in [0.15, 0.2) is 5.69 Å². The van der Waals surface area contributed by atoms with E-state index in [1.165, 1.54) is 0 Å². The fourth-order valence-electron chi connectivity index (χ4n) is 1.52. The average molecular weight is 296 g/mol. The Balaban J connectivity index is 2.28. The van der Waals surface area contributed by atoms with E-state index in [2.05, 4.69) is 26.2 Å². The lowest BCUT2D eigenvalue weighted by molar-refractivity contribution is 0.0689. The Bertz CT molecular complexity index is 566. The quantitative estimate of drug-likeness (QED) is 0.941. The van der Waals surface area contributed by atoms with Gasteiger partial charge in [0.25, 0.3) is 0 Å². The summed E-state index contributed by atoms with van der Waals surface area (Å²) >= 11 is 3.38. The second-order valence-electron chi connectivity index (χ2n) is 3.62. The molecule has 1 aromatic heterocycles. The third-order valence-electron chi connectivity index (χ3n) is 2.41. The predicted octanol–water partition coefficient (Wildman–Crippen LogP) is 2.10. The van der Waals surface area contributed by atoms with Gasteiger partial charge in [0.1, 0.15) is 0 Å². The summed E-state index contributed by atoms with van der Waals surface area (Å²) in [6.07, 6.45) is 0. The van der Waals surface area contributed by atoms with Gasteiger partial charge < -0.3 is 5.11 Å². The molecule has 0 unspecified atom stereocenters. The van der Waals surface area contributed by atoms with Crippen LogP contribution in [0.1, 0.15) is 21.7 Å². The number of carboxylic acid groups (broad SMARTS) is 1. The number of benzene rings is 1. The molecule has 2 aromatic rings. The molecule has 0 fully saturated rings. The first-order valence-corrected chi connectivity index (χ1v) is 5.75. The second kappa shape index (κ2) is 4.67. The van der Waals surface area contributed by atoms with E-state index in [9.17, 15) is 4.79 Å². The number of hydrogen-bond acceptors (Lipinski definition) is 3. The third kappa shape index (κ3) is 2.52. The van der Waals surface area contributed by atoms with Crippen LogP contribution in [-0.4, -0.2) is 26.1 Å². The zero-order valence-corrected chi connectivity index (χ0v) is 10.7. The molecule has 0 amide bonds. The SMILES string of the molecule is Cc1c(C(=O)O)nnn1Cc1cccc(Br)c1. The normalized spacial score (nSPS) is 10.5. The molecule has 1 N–H and O–H groups in total. The van der Waals surface area contributed by atoms with Crippen LogP contribution in [-0.2, 0) is 6.54 Å². The Kier molecular flexibility index (Phi) is 3.23. The van der Waals surface area contributed by atoms with E-state index < -0.39 is 5.97 Å². The first-order valence-electron chi connectivity index (χ1n) is 4.96. The molecule has 88 valence electrons. The van der Waals surface area contributed by atoms with Gasteiger partial charge in [0.2, 0.25) is 0 Å². The van der Waals surface area contributed by atoms with Crippen molar-refractivity contribution in [2.24, 2.45) is 0 Å². The van der Waals surface area contributed by atoms with Crippen molar-refractivity contribution >= 4 is 21.9 Å². The van der Waals surface area contributed by atoms with Crippen LogP contribution < -0.4 is 0 Å². The van der Waals surface area contributed by atoms with Crippen molar-refractivity contribution in [3.8, 4) is 0 Å². The molecule has 1 aromatic carbocycles. The molecule has 0 atom stereocenters. The summed E-state index contributed by atoms with van der Waals surface area (Å²) in [6.45, 7) is 2.20. The summed E-state index contributed by atoms with van der Waals surface area (Å²) in [5, 5.41) is 16.3. The van der Waals surface area contributed by atoms with Gasteiger partial charge in [-0.3, -0.25) is 0 Å². The standard InChI is InChI=1S/C11H10BrN3O2/c1-7-10(11(16)17)13-14-15(7)6-8-3-2-4-9(12)5-8/h2-5H,6H2,1H3,(H,16,17). The van der Waals surface area contributed by atoms with Gasteiger partial charge in [-0.15, -0.1) is 5.10 Å². The zero-order chi connectivity index (χ0) is 12.4. The Labute approximate surface area is 106 Å². The summed E-state index contributed by atoms with van der Waals surface area (Å²) in [7, 11) is 0. The van der Waals surface area contributed by atoms with E-state index in [4.69, 9.17) is 5.11 Å². The molecule has 0 saturated carbocycles. The third-order valence-corrected chi connectivity index (χ3v) is 2.90. The fourth-order valence-corrected chi connectivity index (χ4v) is 1.96. The molecule has 2 rings (SSSR count). The van der Waals surface area contributed by atoms with Crippen molar-refractivity contribution in [2.75, 3.05) is 0 Å². The van der Waals surface area contributed by atoms with Gasteiger partial charge >= 0.3 is 5.97 Å². The minimum atomic E-state index is -1.05. The van der Waals surface area contributed by atoms with Crippen molar-refractivity contribution in [2.45, 2.75) is 13.5 Å². The highest BCUT2D eigenvalue weighted by molar-refractivity contribution is 9.10. The molecule has 1 heterocycles. The molecule has 0 bridgehead atoms. The van der Waals surface area contributed by atoms with E-state index in [1.54, 1.807) is 11.6 Å². The van der Waals surface area contributed by atoms with Crippen molar-refractivity contribution < 1.29 is 9.90 Å². The van der Waals surface area contributed by atoms with Gasteiger partial charge in [0.05, 0.1) is 12.2 Å². The van der Waals surface area contributed by atoms with Crippen LogP contribution in [0, 0.1) is 6.92 Å². The molecular weight excluding hydrogens is 286 g/mol. The maximum atomic E-state index is 10.8. The van der Waals surface area contributed by atoms with Crippen LogP contribution in [0.5, 0.6) is 0 Å². The van der Waals surface area contributed by atoms with Gasteiger partial charge in [-0.05, 0) is 24.6 Å². The van der Waals surface area contributed by atoms with Crippen LogP contribution in [0.2, 0.25) is 0 Å². The molecule has 5 nitrogen and oxygen atoms in total. The molecule has 0 aliphatic rings. The van der Waals surface area contributed by atoms with Crippen LogP contribution in [0.15, 0.2) is 28.7 Å². The Morgan fingerprint density at radius 2 is 2.29 bits per heavy atom. The summed E-state index contributed by atoms with van der Waals surface area (Å²) < 4.78 is 2.55. The fraction of sp³-hybridized carbons (Fsp3) is 0.182. The number of nitrogens with zero attached hydrogens (tertiary/aromatic N) is 3. The van der Waals surface area contributed by atoms with Crippen LogP contribution >= 0.6 is 15.9 Å². The average Bonchev–Trinajstić information content (AvgIpc) is 2.61. The molecule has 0 aliphatic heterocycles. The minimum Gasteiger partial charge on any atom is -0.476 e. The highest BCUT2D eigenvalue weighted by Gasteiger charge is 2.14. The van der Waals surface area contributed by atoms with Gasteiger partial charge in [-0.2, -0.15) is 0 Å². The van der Waals surface area contributed by atoms with Gasteiger partial charge in [0, 0.05) is 4.47 Å². The van der Waals surface area contributed by atoms with Crippen LogP contribution in [0.4, 0.5) is 0 Å². The highest BCUT2D eigenvalue weighted by Crippen LogP contribution is 2.13. The van der Waals surface area contributed by atoms with Crippen molar-refractivity contribution in [3.05, 3.63) is 45.7 Å². The molecule has 17 heavy (non-hydrogen) atoms. The summed E-state index contributed by atoms with van der Waals surface area (Å²) in [6, 6.07) is 7.76. The van der Waals surface area contributed by atoms with Crippen molar-refractivity contribution in [1.82, 2.24) is 15.0 Å². The number of aromatic nitrogens is 3. The van der Waals surface area contributed by atoms with Gasteiger partial charge in [-0.1, -0.05) is 33.3 Å². The summed E-state index contributed by atoms with van der Waals surface area (Å²) in [5.74, 6) is -1.05. The summed E-state index contributed by atoms with van der Waals surface area (Å²) in [4.78, 5) is 10.8. The second-order valence-corrected chi connectivity index (χ2v) is 4.53. The summed E-state index contributed by atoms with van der Waals surface area (Å²) in [5.41, 5.74) is 1.58. The first kappa shape index (κ1) is 11.8. The number of carboxylic acids is 1. The Morgan fingerprint density at radius 1 is 1.53 bits per heavy atom. The van der Waals surface area contributed by atoms with E-state index in [1.807, 2.05) is 24.3 Å². The highest BCUT2D eigenvalue weighted by atomic mass is 79.9. The number of hydrogen-bond donors (Lipinski definition) is 1. The molecule has 0 spiro atoms. The minimum absolute atomic E-state index is 0.00000295. The maximum absolute atomic E-state index is 10.8. The largest absolute Gasteiger partial charge is 0.476 e. The number of halogens is 1. The van der Waals surface area contributed by atoms with E-state index in [0.29, 0.717) is 12.2 Å². The van der Waals surface area contributed by atoms with Crippen molar-refractivity contribution in [3.63, 3.8) is 0 Å². The molecule has 0 saturated heterocycles. The smallest absolute Gasteiger partial charge is 0.358 e. The first-order chi connectivity index (χ1) is 8.08. The lowest BCUT2D eigenvalue weighted by Crippen LogP contribution is -2.05. The maximum Gasteiger partial charge on any atom is 0.358 e. The van der Waals surface area contributed by atoms with E-state index >= 15 is 0 Å². The zero-order valence-electron chi connectivity index (χ0n) is 9.09. The Hall–Kier alpha value is -1.69. The predicted molar refractivity (Wildman–Crippen MR) is 65.0 cm³/mol. The molecule has 6 heteroatoms. The lowest BCUT2D eigenvalue weighted by atomic mass is 10.2. The monoisotopic (exact) mass is 295 g/mol.